The highest BCUT2D eigenvalue weighted by molar-refractivity contribution is 9.18. The molecule has 0 aliphatic heterocycles. The number of carbonyl (C=O) groups excluding carboxylic acids is 1. The van der Waals surface area contributed by atoms with E-state index < -0.39 is 0 Å². The van der Waals surface area contributed by atoms with Gasteiger partial charge in [-0.05, 0) is 23.6 Å². The average molecular weight is 256 g/mol. The van der Waals surface area contributed by atoms with Crippen LogP contribution in [-0.4, -0.2) is 11.9 Å². The Kier molecular flexibility index (Phi) is 3.69. The molecule has 0 aliphatic rings. The first-order valence-electron chi connectivity index (χ1n) is 4.55. The fraction of sp³-hybridized carbons (Fsp3) is 0.364. The molecule has 0 N–H and O–H groups in total. The largest absolute Gasteiger partial charge is 0.306 e. The van der Waals surface area contributed by atoms with Crippen molar-refractivity contribution < 1.29 is 4.79 Å². The van der Waals surface area contributed by atoms with Crippen LogP contribution in [0.2, 0.25) is 0 Å². The second-order valence-corrected chi connectivity index (χ2v) is 4.24. The molecule has 0 radical (unpaired) electrons. The van der Waals surface area contributed by atoms with Gasteiger partial charge >= 0.3 is 0 Å². The van der Waals surface area contributed by atoms with Crippen molar-refractivity contribution in [1.29, 1.82) is 0 Å². The van der Waals surface area contributed by atoms with E-state index in [1.54, 1.807) is 11.9 Å². The molecule has 0 aromatic heterocycles. The quantitative estimate of drug-likeness (QED) is 0.582. The van der Waals surface area contributed by atoms with Gasteiger partial charge in [-0.3, -0.25) is 4.79 Å². The van der Waals surface area contributed by atoms with E-state index in [1.165, 1.54) is 5.56 Å². The molecule has 1 amide bonds. The third kappa shape index (κ3) is 2.58. The summed E-state index contributed by atoms with van der Waals surface area (Å²) in [7, 11) is 1.74. The van der Waals surface area contributed by atoms with Crippen molar-refractivity contribution in [2.75, 3.05) is 11.9 Å². The molecule has 3 heteroatoms. The first-order valence-corrected chi connectivity index (χ1v) is 5.35. The summed E-state index contributed by atoms with van der Waals surface area (Å²) >= 11 is 2.91. The van der Waals surface area contributed by atoms with Crippen LogP contribution < -0.4 is 4.90 Å². The van der Waals surface area contributed by atoms with Crippen LogP contribution in [0.1, 0.15) is 25.3 Å². The number of carbonyl (C=O) groups is 1. The summed E-state index contributed by atoms with van der Waals surface area (Å²) in [5, 5.41) is 0. The van der Waals surface area contributed by atoms with Crippen LogP contribution in [-0.2, 0) is 0 Å². The Hall–Kier alpha value is -0.830. The smallest absolute Gasteiger partial charge is 0.293 e. The first kappa shape index (κ1) is 11.2. The number of anilines is 1. The second kappa shape index (κ2) is 4.60. The van der Waals surface area contributed by atoms with Gasteiger partial charge in [0.1, 0.15) is 0 Å². The van der Waals surface area contributed by atoms with E-state index in [9.17, 15) is 4.79 Å². The van der Waals surface area contributed by atoms with E-state index in [0.717, 1.165) is 5.69 Å². The lowest BCUT2D eigenvalue weighted by molar-refractivity contribution is 0.267. The van der Waals surface area contributed by atoms with Gasteiger partial charge in [0, 0.05) is 28.7 Å². The lowest BCUT2D eigenvalue weighted by Gasteiger charge is -2.14. The van der Waals surface area contributed by atoms with Gasteiger partial charge in [0.15, 0.2) is 0 Å². The lowest BCUT2D eigenvalue weighted by atomic mass is 10.0. The van der Waals surface area contributed by atoms with E-state index in [4.69, 9.17) is 0 Å². The van der Waals surface area contributed by atoms with Crippen LogP contribution in [0.5, 0.6) is 0 Å². The fourth-order valence-electron chi connectivity index (χ4n) is 1.18. The van der Waals surface area contributed by atoms with Gasteiger partial charge in [-0.1, -0.05) is 26.0 Å². The summed E-state index contributed by atoms with van der Waals surface area (Å²) in [5.41, 5.74) is 2.18. The van der Waals surface area contributed by atoms with Crippen LogP contribution in [0.3, 0.4) is 0 Å². The number of amides is 1. The van der Waals surface area contributed by atoms with E-state index in [-0.39, 0.29) is 4.82 Å². The molecule has 0 fully saturated rings. The van der Waals surface area contributed by atoms with E-state index in [1.807, 2.05) is 24.3 Å². The van der Waals surface area contributed by atoms with Crippen LogP contribution in [0.25, 0.3) is 0 Å². The summed E-state index contributed by atoms with van der Waals surface area (Å²) in [6.07, 6.45) is 0. The number of hydrogen-bond acceptors (Lipinski definition) is 1. The fourth-order valence-corrected chi connectivity index (χ4v) is 1.39. The number of hydrogen-bond donors (Lipinski definition) is 0. The molecule has 1 aromatic rings. The van der Waals surface area contributed by atoms with Crippen LogP contribution in [0.4, 0.5) is 10.5 Å². The number of benzene rings is 1. The highest BCUT2D eigenvalue weighted by atomic mass is 79.9. The summed E-state index contributed by atoms with van der Waals surface area (Å²) in [5.74, 6) is 0.522. The Morgan fingerprint density at radius 2 is 1.79 bits per heavy atom. The zero-order chi connectivity index (χ0) is 10.7. The van der Waals surface area contributed by atoms with E-state index >= 15 is 0 Å². The zero-order valence-corrected chi connectivity index (χ0v) is 10.2. The molecule has 1 rings (SSSR count). The van der Waals surface area contributed by atoms with Crippen molar-refractivity contribution in [3.8, 4) is 0 Å². The molecule has 1 aromatic carbocycles. The minimum absolute atomic E-state index is 0.130. The minimum Gasteiger partial charge on any atom is -0.306 e. The number of halogens is 1. The van der Waals surface area contributed by atoms with Crippen molar-refractivity contribution in [2.24, 2.45) is 0 Å². The molecule has 0 unspecified atom stereocenters. The maximum absolute atomic E-state index is 11.0. The maximum Gasteiger partial charge on any atom is 0.293 e. The van der Waals surface area contributed by atoms with Crippen LogP contribution in [0, 0.1) is 0 Å². The Balaban J connectivity index is 2.88. The van der Waals surface area contributed by atoms with Gasteiger partial charge in [0.2, 0.25) is 0 Å². The van der Waals surface area contributed by atoms with Crippen molar-refractivity contribution >= 4 is 26.4 Å². The van der Waals surface area contributed by atoms with Gasteiger partial charge in [-0.25, -0.2) is 0 Å². The number of nitrogens with zero attached hydrogens (tertiary/aromatic N) is 1. The molecule has 0 bridgehead atoms. The second-order valence-electron chi connectivity index (χ2n) is 3.56. The minimum atomic E-state index is -0.130. The van der Waals surface area contributed by atoms with E-state index in [2.05, 4.69) is 29.8 Å². The molecule has 0 saturated heterocycles. The molecule has 0 aliphatic carbocycles. The van der Waals surface area contributed by atoms with Gasteiger partial charge < -0.3 is 4.90 Å². The Labute approximate surface area is 93.0 Å². The van der Waals surface area contributed by atoms with E-state index in [0.29, 0.717) is 5.92 Å². The Morgan fingerprint density at radius 3 is 2.14 bits per heavy atom. The normalized spacial score (nSPS) is 10.4. The Morgan fingerprint density at radius 1 is 1.29 bits per heavy atom. The number of rotatable bonds is 2. The topological polar surface area (TPSA) is 20.3 Å². The summed E-state index contributed by atoms with van der Waals surface area (Å²) in [6, 6.07) is 8.00. The molecule has 0 atom stereocenters. The third-order valence-corrected chi connectivity index (χ3v) is 2.74. The maximum atomic E-state index is 11.0. The lowest BCUT2D eigenvalue weighted by Crippen LogP contribution is -2.18. The predicted molar refractivity (Wildman–Crippen MR) is 63.3 cm³/mol. The molecular weight excluding hydrogens is 242 g/mol. The van der Waals surface area contributed by atoms with Crippen molar-refractivity contribution in [3.05, 3.63) is 29.8 Å². The highest BCUT2D eigenvalue weighted by Gasteiger charge is 2.06. The van der Waals surface area contributed by atoms with Gasteiger partial charge in [0.25, 0.3) is 4.82 Å². The first-order chi connectivity index (χ1) is 6.52. The van der Waals surface area contributed by atoms with Crippen molar-refractivity contribution in [2.45, 2.75) is 19.8 Å². The molecule has 14 heavy (non-hydrogen) atoms. The van der Waals surface area contributed by atoms with Crippen LogP contribution in [0.15, 0.2) is 24.3 Å². The molecule has 0 saturated carbocycles. The molecule has 76 valence electrons. The highest BCUT2D eigenvalue weighted by Crippen LogP contribution is 2.20. The average Bonchev–Trinajstić information content (AvgIpc) is 2.16. The third-order valence-electron chi connectivity index (χ3n) is 2.21. The molecule has 2 nitrogen and oxygen atoms in total. The summed E-state index contributed by atoms with van der Waals surface area (Å²) in [4.78, 5) is 12.4. The summed E-state index contributed by atoms with van der Waals surface area (Å²) in [6.45, 7) is 4.29. The van der Waals surface area contributed by atoms with Crippen molar-refractivity contribution in [3.63, 3.8) is 0 Å². The standard InChI is InChI=1S/C11H14BrNO/c1-8(2)9-4-6-10(7-5-9)13(3)11(12)14/h4-8H,1-3H3. The zero-order valence-electron chi connectivity index (χ0n) is 8.62. The van der Waals surface area contributed by atoms with Gasteiger partial charge in [0.05, 0.1) is 0 Å². The molecule has 0 spiro atoms. The van der Waals surface area contributed by atoms with Gasteiger partial charge in [-0.15, -0.1) is 0 Å². The molecular formula is C11H14BrNO. The summed E-state index contributed by atoms with van der Waals surface area (Å²) < 4.78 is 0. The predicted octanol–water partition coefficient (Wildman–Crippen LogP) is 3.76. The van der Waals surface area contributed by atoms with Crippen LogP contribution >= 0.6 is 15.9 Å². The Bertz CT molecular complexity index is 319. The van der Waals surface area contributed by atoms with Crippen molar-refractivity contribution in [1.82, 2.24) is 0 Å². The monoisotopic (exact) mass is 255 g/mol. The van der Waals surface area contributed by atoms with Gasteiger partial charge in [-0.2, -0.15) is 0 Å². The SMILES string of the molecule is CC(C)c1ccc(N(C)C(=O)Br)cc1. The molecule has 0 heterocycles.